The van der Waals surface area contributed by atoms with Crippen LogP contribution in [-0.4, -0.2) is 103 Å². The summed E-state index contributed by atoms with van der Waals surface area (Å²) < 4.78 is 15.7. The summed E-state index contributed by atoms with van der Waals surface area (Å²) >= 11 is 0. The Bertz CT molecular complexity index is 742. The minimum atomic E-state index is -1.19. The molecule has 2 fully saturated rings. The average Bonchev–Trinajstić information content (AvgIpc) is 2.81. The fourth-order valence-electron chi connectivity index (χ4n) is 3.37. The molecule has 3 rings (SSSR count). The van der Waals surface area contributed by atoms with Crippen molar-refractivity contribution in [1.29, 1.82) is 0 Å². The first-order valence-corrected chi connectivity index (χ1v) is 10.4. The normalized spacial score (nSPS) is 38.7. The van der Waals surface area contributed by atoms with Crippen molar-refractivity contribution in [1.82, 2.24) is 0 Å². The lowest BCUT2D eigenvalue weighted by Gasteiger charge is -2.40. The van der Waals surface area contributed by atoms with Crippen LogP contribution < -0.4 is 4.74 Å². The number of benzene rings is 1. The highest BCUT2D eigenvalue weighted by molar-refractivity contribution is 5.36. The van der Waals surface area contributed by atoms with Crippen molar-refractivity contribution in [2.24, 2.45) is 11.8 Å². The molecule has 2 saturated heterocycles. The van der Waals surface area contributed by atoms with E-state index in [0.717, 1.165) is 0 Å². The summed E-state index contributed by atoms with van der Waals surface area (Å²) in [5.41, 5.74) is -0.0661. The van der Waals surface area contributed by atoms with Crippen molar-refractivity contribution in [2.45, 2.75) is 63.1 Å². The number of aliphatic hydroxyl groups is 7. The number of hydrogen-bond donors (Lipinski definition) is 7. The van der Waals surface area contributed by atoms with E-state index in [1.165, 1.54) is 24.3 Å². The quantitative estimate of drug-likeness (QED) is 0.183. The van der Waals surface area contributed by atoms with Gasteiger partial charge in [-0.1, -0.05) is 13.8 Å². The van der Waals surface area contributed by atoms with E-state index in [-0.39, 0.29) is 5.69 Å². The average molecular weight is 477 g/mol. The van der Waals surface area contributed by atoms with Gasteiger partial charge < -0.3 is 50.0 Å². The van der Waals surface area contributed by atoms with Gasteiger partial charge in [0.2, 0.25) is 6.29 Å². The molecule has 1 aromatic carbocycles. The van der Waals surface area contributed by atoms with Crippen molar-refractivity contribution < 1.29 is 54.9 Å². The van der Waals surface area contributed by atoms with Crippen LogP contribution in [-0.2, 0) is 9.47 Å². The number of aliphatic hydroxyl groups excluding tert-OH is 7. The van der Waals surface area contributed by atoms with Crippen LogP contribution in [0.4, 0.5) is 5.69 Å². The standard InChI is InChI=1S/C13H17NO7.C7H14O5/c1-7-11(16)12(17)10(6-15)21-13(7)20-9-4-2-8(3-5-9)14(18)19;1-3-5(9)6(10)4(2-8)12-7(3)11/h2-5,7,10-13,15-17H,6H2,1H3;3-11H,2H2,1H3/t7?,10?,11-,12-,13-;3?,4?,5-,6-,7?/m11/s1. The minimum Gasteiger partial charge on any atom is -0.465 e. The summed E-state index contributed by atoms with van der Waals surface area (Å²) in [6.45, 7) is 2.33. The lowest BCUT2D eigenvalue weighted by atomic mass is 9.92. The van der Waals surface area contributed by atoms with Gasteiger partial charge in [-0.2, -0.15) is 0 Å². The maximum atomic E-state index is 10.6. The van der Waals surface area contributed by atoms with Crippen LogP contribution in [0, 0.1) is 22.0 Å². The third kappa shape index (κ3) is 6.56. The van der Waals surface area contributed by atoms with Crippen molar-refractivity contribution in [3.63, 3.8) is 0 Å². The molecule has 13 heteroatoms. The Labute approximate surface area is 189 Å². The number of hydrogen-bond acceptors (Lipinski definition) is 12. The zero-order valence-corrected chi connectivity index (χ0v) is 18.1. The first-order chi connectivity index (χ1) is 15.5. The molecule has 0 aromatic heterocycles. The molecule has 0 amide bonds. The third-order valence-corrected chi connectivity index (χ3v) is 5.70. The fraction of sp³-hybridized carbons (Fsp3) is 0.700. The predicted octanol–water partition coefficient (Wildman–Crippen LogP) is -1.90. The molecule has 0 saturated carbocycles. The SMILES string of the molecule is CC1C(O)OC(CO)[C@@H](O)[C@@H]1O.CC1[C@H](Oc2ccc([N+](=O)[O-])cc2)OC(CO)[C@@H](O)[C@@H]1O. The lowest BCUT2D eigenvalue weighted by Crippen LogP contribution is -2.56. The number of nitrogens with zero attached hydrogens (tertiary/aromatic N) is 1. The minimum absolute atomic E-state index is 0.0661. The first-order valence-electron chi connectivity index (χ1n) is 10.4. The first kappa shape index (κ1) is 27.3. The Morgan fingerprint density at radius 3 is 1.82 bits per heavy atom. The van der Waals surface area contributed by atoms with Crippen LogP contribution in [0.3, 0.4) is 0 Å². The van der Waals surface area contributed by atoms with E-state index < -0.39 is 79.2 Å². The Morgan fingerprint density at radius 2 is 1.33 bits per heavy atom. The van der Waals surface area contributed by atoms with Crippen molar-refractivity contribution in [2.75, 3.05) is 13.2 Å². The third-order valence-electron chi connectivity index (χ3n) is 5.70. The summed E-state index contributed by atoms with van der Waals surface area (Å²) in [7, 11) is 0. The largest absolute Gasteiger partial charge is 0.465 e. The Balaban J connectivity index is 0.000000273. The van der Waals surface area contributed by atoms with E-state index in [1.54, 1.807) is 13.8 Å². The molecule has 33 heavy (non-hydrogen) atoms. The molecule has 188 valence electrons. The Kier molecular flexibility index (Phi) is 9.90. The Hall–Kier alpha value is -1.94. The van der Waals surface area contributed by atoms with Gasteiger partial charge in [-0.25, -0.2) is 0 Å². The maximum absolute atomic E-state index is 10.6. The summed E-state index contributed by atoms with van der Waals surface area (Å²) in [5.74, 6) is -0.737. The Morgan fingerprint density at radius 1 is 0.848 bits per heavy atom. The van der Waals surface area contributed by atoms with E-state index in [0.29, 0.717) is 5.75 Å². The molecular formula is C20H31NO12. The molecular weight excluding hydrogens is 446 g/mol. The predicted molar refractivity (Wildman–Crippen MR) is 110 cm³/mol. The molecule has 1 aromatic rings. The topological polar surface area (TPSA) is 212 Å². The zero-order chi connectivity index (χ0) is 24.9. The summed E-state index contributed by atoms with van der Waals surface area (Å²) in [6.07, 6.45) is -8.31. The van der Waals surface area contributed by atoms with Crippen molar-refractivity contribution in [3.05, 3.63) is 34.4 Å². The highest BCUT2D eigenvalue weighted by Crippen LogP contribution is 2.29. The molecule has 0 spiro atoms. The van der Waals surface area contributed by atoms with Gasteiger partial charge in [-0.05, 0) is 12.1 Å². The highest BCUT2D eigenvalue weighted by atomic mass is 16.7. The van der Waals surface area contributed by atoms with Gasteiger partial charge in [0.15, 0.2) is 6.29 Å². The van der Waals surface area contributed by atoms with Gasteiger partial charge >= 0.3 is 0 Å². The molecule has 5 unspecified atom stereocenters. The molecule has 7 N–H and O–H groups in total. The molecule has 0 aliphatic carbocycles. The molecule has 10 atom stereocenters. The van der Waals surface area contributed by atoms with Crippen LogP contribution in [0.15, 0.2) is 24.3 Å². The van der Waals surface area contributed by atoms with E-state index in [9.17, 15) is 30.5 Å². The second kappa shape index (κ2) is 12.0. The smallest absolute Gasteiger partial charge is 0.269 e. The van der Waals surface area contributed by atoms with Crippen LogP contribution in [0.1, 0.15) is 13.8 Å². The molecule has 0 bridgehead atoms. The van der Waals surface area contributed by atoms with E-state index in [1.807, 2.05) is 0 Å². The zero-order valence-electron chi connectivity index (χ0n) is 18.1. The maximum Gasteiger partial charge on any atom is 0.269 e. The van der Waals surface area contributed by atoms with E-state index in [4.69, 9.17) is 29.5 Å². The number of rotatable bonds is 5. The van der Waals surface area contributed by atoms with Gasteiger partial charge in [0.25, 0.3) is 5.69 Å². The summed E-state index contributed by atoms with van der Waals surface area (Å²) in [4.78, 5) is 10.0. The fourth-order valence-corrected chi connectivity index (χ4v) is 3.37. The van der Waals surface area contributed by atoms with Gasteiger partial charge in [0.1, 0.15) is 30.2 Å². The monoisotopic (exact) mass is 477 g/mol. The van der Waals surface area contributed by atoms with Crippen molar-refractivity contribution >= 4 is 5.69 Å². The number of nitro benzene ring substituents is 1. The number of nitro groups is 1. The van der Waals surface area contributed by atoms with Crippen LogP contribution >= 0.6 is 0 Å². The van der Waals surface area contributed by atoms with Crippen molar-refractivity contribution in [3.8, 4) is 5.75 Å². The van der Waals surface area contributed by atoms with Crippen LogP contribution in [0.25, 0.3) is 0 Å². The highest BCUT2D eigenvalue weighted by Gasteiger charge is 2.43. The number of non-ortho nitro benzene ring substituents is 1. The van der Waals surface area contributed by atoms with Gasteiger partial charge in [0.05, 0.1) is 30.3 Å². The molecule has 2 aliphatic rings. The second-order valence-electron chi connectivity index (χ2n) is 8.02. The number of ether oxygens (including phenoxy) is 3. The lowest BCUT2D eigenvalue weighted by molar-refractivity contribution is -0.384. The van der Waals surface area contributed by atoms with Gasteiger partial charge in [-0.3, -0.25) is 10.1 Å². The molecule has 2 heterocycles. The second-order valence-corrected chi connectivity index (χ2v) is 8.02. The summed E-state index contributed by atoms with van der Waals surface area (Å²) in [5, 5.41) is 75.7. The van der Waals surface area contributed by atoms with E-state index >= 15 is 0 Å². The summed E-state index contributed by atoms with van der Waals surface area (Å²) in [6, 6.07) is 5.41. The van der Waals surface area contributed by atoms with E-state index in [2.05, 4.69) is 0 Å². The van der Waals surface area contributed by atoms with Crippen LogP contribution in [0.2, 0.25) is 0 Å². The van der Waals surface area contributed by atoms with Gasteiger partial charge in [0, 0.05) is 24.0 Å². The molecule has 2 aliphatic heterocycles. The molecule has 13 nitrogen and oxygen atoms in total. The van der Waals surface area contributed by atoms with Crippen LogP contribution in [0.5, 0.6) is 5.75 Å². The van der Waals surface area contributed by atoms with Gasteiger partial charge in [-0.15, -0.1) is 0 Å². The molecule has 0 radical (unpaired) electrons.